The van der Waals surface area contributed by atoms with Crippen LogP contribution in [0.2, 0.25) is 0 Å². The highest BCUT2D eigenvalue weighted by Crippen LogP contribution is 2.36. The zero-order valence-corrected chi connectivity index (χ0v) is 12.0. The van der Waals surface area contributed by atoms with Crippen LogP contribution in [0.15, 0.2) is 16.6 Å². The summed E-state index contributed by atoms with van der Waals surface area (Å²) in [5, 5.41) is 21.1. The first-order valence-electron chi connectivity index (χ1n) is 5.91. The van der Waals surface area contributed by atoms with Crippen LogP contribution in [-0.4, -0.2) is 28.7 Å². The molecule has 1 aromatic rings. The minimum atomic E-state index is -0.907. The molecule has 1 unspecified atom stereocenters. The van der Waals surface area contributed by atoms with Crippen molar-refractivity contribution in [3.63, 3.8) is 0 Å². The molecule has 0 spiro atoms. The lowest BCUT2D eigenvalue weighted by molar-refractivity contribution is -0.384. The number of aliphatic hydroxyl groups is 1. The molecule has 1 atom stereocenters. The minimum absolute atomic E-state index is 0.0618. The maximum atomic E-state index is 13.6. The zero-order chi connectivity index (χ0) is 14.2. The van der Waals surface area contributed by atoms with Crippen molar-refractivity contribution in [3.8, 4) is 0 Å². The summed E-state index contributed by atoms with van der Waals surface area (Å²) < 4.78 is 13.7. The minimum Gasteiger partial charge on any atom is -0.388 e. The van der Waals surface area contributed by atoms with Crippen molar-refractivity contribution in [3.05, 3.63) is 32.5 Å². The van der Waals surface area contributed by atoms with Gasteiger partial charge in [-0.3, -0.25) is 10.1 Å². The predicted octanol–water partition coefficient (Wildman–Crippen LogP) is 2.85. The number of benzene rings is 1. The van der Waals surface area contributed by atoms with Crippen molar-refractivity contribution in [1.82, 2.24) is 0 Å². The van der Waals surface area contributed by atoms with E-state index in [1.807, 2.05) is 0 Å². The lowest BCUT2D eigenvalue weighted by Crippen LogP contribution is -2.46. The fourth-order valence-electron chi connectivity index (χ4n) is 2.35. The van der Waals surface area contributed by atoms with Gasteiger partial charge in [-0.25, -0.2) is 4.39 Å². The Labute approximate surface area is 118 Å². The van der Waals surface area contributed by atoms with Crippen LogP contribution in [0.5, 0.6) is 0 Å². The highest BCUT2D eigenvalue weighted by molar-refractivity contribution is 9.10. The standard InChI is InChI=1S/C12H14BrFN2O3/c1-12(17)3-2-4-15(7-12)10-6-9(14)8(13)5-11(10)16(18)19/h5-6,17H,2-4,7H2,1H3. The summed E-state index contributed by atoms with van der Waals surface area (Å²) in [4.78, 5) is 12.2. The van der Waals surface area contributed by atoms with Crippen molar-refractivity contribution in [2.45, 2.75) is 25.4 Å². The van der Waals surface area contributed by atoms with Crippen LogP contribution in [0.25, 0.3) is 0 Å². The van der Waals surface area contributed by atoms with Gasteiger partial charge in [0.15, 0.2) is 0 Å². The molecule has 1 N–H and O–H groups in total. The van der Waals surface area contributed by atoms with E-state index in [9.17, 15) is 19.6 Å². The molecule has 0 aliphatic carbocycles. The average molecular weight is 333 g/mol. The lowest BCUT2D eigenvalue weighted by atomic mass is 9.94. The van der Waals surface area contributed by atoms with Crippen molar-refractivity contribution in [2.75, 3.05) is 18.0 Å². The maximum Gasteiger partial charge on any atom is 0.293 e. The molecule has 1 fully saturated rings. The van der Waals surface area contributed by atoms with Gasteiger partial charge >= 0.3 is 0 Å². The molecule has 2 rings (SSSR count). The summed E-state index contributed by atoms with van der Waals surface area (Å²) in [6.07, 6.45) is 1.35. The Kier molecular flexibility index (Phi) is 3.78. The second-order valence-corrected chi connectivity index (χ2v) is 5.89. The highest BCUT2D eigenvalue weighted by atomic mass is 79.9. The number of hydrogen-bond donors (Lipinski definition) is 1. The molecule has 1 aliphatic heterocycles. The van der Waals surface area contributed by atoms with Crippen molar-refractivity contribution in [2.24, 2.45) is 0 Å². The van der Waals surface area contributed by atoms with E-state index in [4.69, 9.17) is 0 Å². The summed E-state index contributed by atoms with van der Waals surface area (Å²) >= 11 is 2.95. The molecule has 19 heavy (non-hydrogen) atoms. The smallest absolute Gasteiger partial charge is 0.293 e. The van der Waals surface area contributed by atoms with Crippen LogP contribution in [0.1, 0.15) is 19.8 Å². The van der Waals surface area contributed by atoms with Gasteiger partial charge in [0.1, 0.15) is 11.5 Å². The summed E-state index contributed by atoms with van der Waals surface area (Å²) in [5.74, 6) is -0.550. The van der Waals surface area contributed by atoms with E-state index in [2.05, 4.69) is 15.9 Å². The van der Waals surface area contributed by atoms with Crippen LogP contribution in [0, 0.1) is 15.9 Å². The summed E-state index contributed by atoms with van der Waals surface area (Å²) in [7, 11) is 0. The van der Waals surface area contributed by atoms with Gasteiger partial charge in [-0.1, -0.05) is 0 Å². The normalized spacial score (nSPS) is 23.5. The van der Waals surface area contributed by atoms with E-state index in [1.165, 1.54) is 0 Å². The molecule has 0 radical (unpaired) electrons. The Hall–Kier alpha value is -1.21. The van der Waals surface area contributed by atoms with Gasteiger partial charge in [-0.2, -0.15) is 0 Å². The van der Waals surface area contributed by atoms with Crippen molar-refractivity contribution < 1.29 is 14.4 Å². The third-order valence-corrected chi connectivity index (χ3v) is 3.84. The molecule has 1 saturated heterocycles. The van der Waals surface area contributed by atoms with E-state index in [1.54, 1.807) is 11.8 Å². The van der Waals surface area contributed by atoms with E-state index in [-0.39, 0.29) is 22.4 Å². The van der Waals surface area contributed by atoms with Crippen molar-refractivity contribution >= 4 is 27.3 Å². The predicted molar refractivity (Wildman–Crippen MR) is 72.8 cm³/mol. The summed E-state index contributed by atoms with van der Waals surface area (Å²) in [6.45, 7) is 2.51. The van der Waals surface area contributed by atoms with Gasteiger partial charge in [0.25, 0.3) is 5.69 Å². The molecule has 0 amide bonds. The fraction of sp³-hybridized carbons (Fsp3) is 0.500. The average Bonchev–Trinajstić information content (AvgIpc) is 2.30. The van der Waals surface area contributed by atoms with Crippen LogP contribution in [-0.2, 0) is 0 Å². The lowest BCUT2D eigenvalue weighted by Gasteiger charge is -2.37. The van der Waals surface area contributed by atoms with Gasteiger partial charge < -0.3 is 10.0 Å². The second kappa shape index (κ2) is 5.05. The van der Waals surface area contributed by atoms with Gasteiger partial charge in [-0.15, -0.1) is 0 Å². The van der Waals surface area contributed by atoms with E-state index >= 15 is 0 Å². The zero-order valence-electron chi connectivity index (χ0n) is 10.4. The Morgan fingerprint density at radius 3 is 2.84 bits per heavy atom. The quantitative estimate of drug-likeness (QED) is 0.668. The number of hydrogen-bond acceptors (Lipinski definition) is 4. The molecule has 7 heteroatoms. The molecule has 0 aromatic heterocycles. The molecule has 5 nitrogen and oxygen atoms in total. The largest absolute Gasteiger partial charge is 0.388 e. The third kappa shape index (κ3) is 3.03. The van der Waals surface area contributed by atoms with E-state index in [0.717, 1.165) is 12.1 Å². The van der Waals surface area contributed by atoms with Crippen LogP contribution >= 0.6 is 15.9 Å². The third-order valence-electron chi connectivity index (χ3n) is 3.23. The molecule has 0 bridgehead atoms. The summed E-state index contributed by atoms with van der Waals surface area (Å²) in [6, 6.07) is 2.30. The van der Waals surface area contributed by atoms with Crippen LogP contribution < -0.4 is 4.90 Å². The molecule has 1 heterocycles. The summed E-state index contributed by atoms with van der Waals surface area (Å²) in [5.41, 5.74) is -0.855. The number of nitrogens with zero attached hydrogens (tertiary/aromatic N) is 2. The first kappa shape index (κ1) is 14.2. The van der Waals surface area contributed by atoms with Crippen molar-refractivity contribution in [1.29, 1.82) is 0 Å². The van der Waals surface area contributed by atoms with Gasteiger partial charge in [-0.05, 0) is 35.7 Å². The SMILES string of the molecule is CC1(O)CCCN(c2cc(F)c(Br)cc2[N+](=O)[O-])C1. The first-order chi connectivity index (χ1) is 8.80. The number of anilines is 1. The van der Waals surface area contributed by atoms with Gasteiger partial charge in [0.2, 0.25) is 0 Å². The number of β-amino-alcohol motifs (C(OH)–C–C–N with tert-alkyl or cyclic N) is 1. The monoisotopic (exact) mass is 332 g/mol. The molecule has 0 saturated carbocycles. The Balaban J connectivity index is 2.43. The Morgan fingerprint density at radius 1 is 1.58 bits per heavy atom. The number of halogens is 2. The molecular formula is C12H14BrFN2O3. The maximum absolute atomic E-state index is 13.6. The van der Waals surface area contributed by atoms with E-state index < -0.39 is 16.3 Å². The van der Waals surface area contributed by atoms with Crippen LogP contribution in [0.4, 0.5) is 15.8 Å². The van der Waals surface area contributed by atoms with Gasteiger partial charge in [0, 0.05) is 25.2 Å². The van der Waals surface area contributed by atoms with Crippen LogP contribution in [0.3, 0.4) is 0 Å². The molecule has 104 valence electrons. The highest BCUT2D eigenvalue weighted by Gasteiger charge is 2.32. The number of piperidine rings is 1. The molecular weight excluding hydrogens is 319 g/mol. The second-order valence-electron chi connectivity index (χ2n) is 5.03. The number of nitro benzene ring substituents is 1. The Morgan fingerprint density at radius 2 is 2.26 bits per heavy atom. The van der Waals surface area contributed by atoms with E-state index in [0.29, 0.717) is 19.4 Å². The Bertz CT molecular complexity index is 522. The fourth-order valence-corrected chi connectivity index (χ4v) is 2.68. The van der Waals surface area contributed by atoms with Gasteiger partial charge in [0.05, 0.1) is 15.0 Å². The first-order valence-corrected chi connectivity index (χ1v) is 6.70. The molecule has 1 aromatic carbocycles. The number of rotatable bonds is 2. The molecule has 1 aliphatic rings. The topological polar surface area (TPSA) is 66.6 Å². The number of nitro groups is 1.